The van der Waals surface area contributed by atoms with Gasteiger partial charge in [-0.1, -0.05) is 48.0 Å². The Morgan fingerprint density at radius 1 is 0.650 bits per heavy atom. The van der Waals surface area contributed by atoms with E-state index in [0.717, 1.165) is 0 Å². The first kappa shape index (κ1) is 16.3. The monoisotopic (exact) mass is 280 g/mol. The molecule has 2 aliphatic rings. The molecule has 0 unspecified atom stereocenters. The van der Waals surface area contributed by atoms with E-state index < -0.39 is 0 Å². The van der Waals surface area contributed by atoms with Gasteiger partial charge in [-0.3, -0.25) is 0 Å². The van der Waals surface area contributed by atoms with Crippen molar-refractivity contribution in [3.63, 3.8) is 0 Å². The second-order valence-electron chi connectivity index (χ2n) is 9.26. The van der Waals surface area contributed by atoms with E-state index in [2.05, 4.69) is 65.4 Å². The Hall–Kier alpha value is -0.0800. The topological polar surface area (TPSA) is 6.48 Å². The van der Waals surface area contributed by atoms with Crippen molar-refractivity contribution in [3.05, 3.63) is 0 Å². The molecular weight excluding hydrogens is 244 g/mol. The van der Waals surface area contributed by atoms with Crippen LogP contribution in [0.5, 0.6) is 0 Å². The summed E-state index contributed by atoms with van der Waals surface area (Å²) < 4.78 is 0. The summed E-state index contributed by atoms with van der Waals surface area (Å²) in [7, 11) is 0. The first-order valence-electron chi connectivity index (χ1n) is 8.48. The summed E-state index contributed by atoms with van der Waals surface area (Å²) in [5.41, 5.74) is 1.10. The first-order valence-corrected chi connectivity index (χ1v) is 8.48. The van der Waals surface area contributed by atoms with Crippen molar-refractivity contribution >= 4 is 0 Å². The number of piperidine rings is 2. The van der Waals surface area contributed by atoms with Gasteiger partial charge in [-0.05, 0) is 42.9 Å². The second kappa shape index (κ2) is 4.71. The van der Waals surface area contributed by atoms with Crippen LogP contribution in [0.4, 0.5) is 0 Å². The molecule has 2 heterocycles. The number of hydrazine groups is 1. The van der Waals surface area contributed by atoms with Gasteiger partial charge in [0.05, 0.1) is 0 Å². The van der Waals surface area contributed by atoms with Crippen molar-refractivity contribution in [1.82, 2.24) is 10.0 Å². The molecular formula is C18H36N2. The van der Waals surface area contributed by atoms with E-state index in [-0.39, 0.29) is 11.0 Å². The van der Waals surface area contributed by atoms with Crippen LogP contribution in [-0.2, 0) is 0 Å². The molecule has 2 saturated heterocycles. The quantitative estimate of drug-likeness (QED) is 0.695. The molecule has 0 aromatic carbocycles. The first-order chi connectivity index (χ1) is 8.95. The van der Waals surface area contributed by atoms with Crippen LogP contribution in [0.1, 0.15) is 74.7 Å². The lowest BCUT2D eigenvalue weighted by atomic mass is 9.46. The summed E-state index contributed by atoms with van der Waals surface area (Å²) in [5.74, 6) is 0. The van der Waals surface area contributed by atoms with Crippen LogP contribution in [-0.4, -0.2) is 35.2 Å². The van der Waals surface area contributed by atoms with Gasteiger partial charge in [0, 0.05) is 25.2 Å². The highest BCUT2D eigenvalue weighted by molar-refractivity contribution is 5.12. The normalized spacial score (nSPS) is 33.0. The third-order valence-electron chi connectivity index (χ3n) is 7.65. The molecule has 0 amide bonds. The summed E-state index contributed by atoms with van der Waals surface area (Å²) in [6, 6.07) is 0. The van der Waals surface area contributed by atoms with E-state index in [1.54, 1.807) is 0 Å². The van der Waals surface area contributed by atoms with Gasteiger partial charge >= 0.3 is 0 Å². The van der Waals surface area contributed by atoms with E-state index in [4.69, 9.17) is 0 Å². The number of nitrogens with zero attached hydrogens (tertiary/aromatic N) is 2. The Labute approximate surface area is 126 Å². The Kier molecular flexibility index (Phi) is 3.84. The predicted octanol–water partition coefficient (Wildman–Crippen LogP) is 4.56. The van der Waals surface area contributed by atoms with Crippen molar-refractivity contribution in [2.45, 2.75) is 80.2 Å². The standard InChI is InChI=1S/C18H36N2/c1-15(2)14-20(19-12-10-9-11-13-19)18(7,8)17(5,6)16(15,3)4/h9-14H2,1-8H3. The summed E-state index contributed by atoms with van der Waals surface area (Å²) >= 11 is 0. The lowest BCUT2D eigenvalue weighted by molar-refractivity contribution is -0.254. The van der Waals surface area contributed by atoms with Crippen molar-refractivity contribution in [2.75, 3.05) is 19.6 Å². The zero-order valence-electron chi connectivity index (χ0n) is 15.1. The van der Waals surface area contributed by atoms with E-state index in [0.29, 0.717) is 10.8 Å². The maximum atomic E-state index is 2.72. The zero-order valence-corrected chi connectivity index (χ0v) is 15.1. The Morgan fingerprint density at radius 3 is 1.65 bits per heavy atom. The molecule has 2 aliphatic heterocycles. The molecule has 0 aromatic heterocycles. The fourth-order valence-corrected chi connectivity index (χ4v) is 4.28. The molecule has 0 aliphatic carbocycles. The molecule has 0 bridgehead atoms. The molecule has 0 N–H and O–H groups in total. The van der Waals surface area contributed by atoms with E-state index >= 15 is 0 Å². The smallest absolute Gasteiger partial charge is 0.0356 e. The van der Waals surface area contributed by atoms with Gasteiger partial charge in [0.15, 0.2) is 0 Å². The highest BCUT2D eigenvalue weighted by Crippen LogP contribution is 2.61. The van der Waals surface area contributed by atoms with Crippen LogP contribution in [0.3, 0.4) is 0 Å². The van der Waals surface area contributed by atoms with Crippen molar-refractivity contribution in [1.29, 1.82) is 0 Å². The summed E-state index contributed by atoms with van der Waals surface area (Å²) in [4.78, 5) is 0. The van der Waals surface area contributed by atoms with Crippen molar-refractivity contribution < 1.29 is 0 Å². The molecule has 0 radical (unpaired) electrons. The van der Waals surface area contributed by atoms with Gasteiger partial charge in [-0.15, -0.1) is 0 Å². The number of hydrogen-bond donors (Lipinski definition) is 0. The average Bonchev–Trinajstić information content (AvgIpc) is 2.35. The maximum absolute atomic E-state index is 2.72. The summed E-state index contributed by atoms with van der Waals surface area (Å²) in [6.45, 7) is 23.4. The van der Waals surface area contributed by atoms with Gasteiger partial charge < -0.3 is 0 Å². The summed E-state index contributed by atoms with van der Waals surface area (Å²) in [5, 5.41) is 5.37. The molecule has 0 spiro atoms. The van der Waals surface area contributed by atoms with Crippen LogP contribution < -0.4 is 0 Å². The molecule has 20 heavy (non-hydrogen) atoms. The fraction of sp³-hybridized carbons (Fsp3) is 1.00. The highest BCUT2D eigenvalue weighted by atomic mass is 15.7. The van der Waals surface area contributed by atoms with Crippen LogP contribution in [0.15, 0.2) is 0 Å². The van der Waals surface area contributed by atoms with Gasteiger partial charge in [-0.25, -0.2) is 10.0 Å². The molecule has 0 saturated carbocycles. The number of hydrogen-bond acceptors (Lipinski definition) is 2. The minimum atomic E-state index is 0.198. The third-order valence-corrected chi connectivity index (χ3v) is 7.65. The minimum Gasteiger partial charge on any atom is -0.241 e. The highest BCUT2D eigenvalue weighted by Gasteiger charge is 2.62. The molecule has 0 atom stereocenters. The van der Waals surface area contributed by atoms with Gasteiger partial charge in [-0.2, -0.15) is 0 Å². The molecule has 2 nitrogen and oxygen atoms in total. The van der Waals surface area contributed by atoms with Gasteiger partial charge in [0.25, 0.3) is 0 Å². The van der Waals surface area contributed by atoms with Crippen LogP contribution in [0, 0.1) is 16.2 Å². The average molecular weight is 280 g/mol. The molecule has 0 aromatic rings. The minimum absolute atomic E-state index is 0.198. The molecule has 118 valence electrons. The maximum Gasteiger partial charge on any atom is 0.0356 e. The van der Waals surface area contributed by atoms with E-state index in [1.165, 1.54) is 38.9 Å². The summed E-state index contributed by atoms with van der Waals surface area (Å²) in [6.07, 6.45) is 4.12. The second-order valence-corrected chi connectivity index (χ2v) is 9.26. The Morgan fingerprint density at radius 2 is 1.15 bits per heavy atom. The Bertz CT molecular complexity index is 360. The number of rotatable bonds is 1. The van der Waals surface area contributed by atoms with Crippen molar-refractivity contribution in [2.24, 2.45) is 16.2 Å². The largest absolute Gasteiger partial charge is 0.241 e. The molecule has 2 rings (SSSR count). The van der Waals surface area contributed by atoms with Crippen LogP contribution in [0.25, 0.3) is 0 Å². The lowest BCUT2D eigenvalue weighted by Crippen LogP contribution is -2.73. The van der Waals surface area contributed by atoms with Crippen LogP contribution >= 0.6 is 0 Å². The molecule has 2 fully saturated rings. The fourth-order valence-electron chi connectivity index (χ4n) is 4.28. The van der Waals surface area contributed by atoms with E-state index in [1.807, 2.05) is 0 Å². The van der Waals surface area contributed by atoms with Crippen molar-refractivity contribution in [3.8, 4) is 0 Å². The zero-order chi connectivity index (χ0) is 15.4. The molecule has 2 heteroatoms. The van der Waals surface area contributed by atoms with E-state index in [9.17, 15) is 0 Å². The lowest BCUT2D eigenvalue weighted by Gasteiger charge is -2.69. The predicted molar refractivity (Wildman–Crippen MR) is 87.6 cm³/mol. The van der Waals surface area contributed by atoms with Gasteiger partial charge in [0.1, 0.15) is 0 Å². The Balaban J connectivity index is 2.39. The van der Waals surface area contributed by atoms with Crippen LogP contribution in [0.2, 0.25) is 0 Å². The third kappa shape index (κ3) is 2.06. The van der Waals surface area contributed by atoms with Gasteiger partial charge in [0.2, 0.25) is 0 Å². The SMILES string of the molecule is CC1(C)CN(N2CCCCC2)C(C)(C)C(C)(C)C1(C)C.